The Bertz CT molecular complexity index is 706. The topological polar surface area (TPSA) is 78.7 Å². The SMILES string of the molecule is CN(CC(=O)N1CCNCC1)C(=O)Cc1noc2ccccc12. The van der Waals surface area contributed by atoms with Gasteiger partial charge in [0.15, 0.2) is 5.58 Å². The van der Waals surface area contributed by atoms with Crippen LogP contribution in [0.25, 0.3) is 11.0 Å². The number of hydrogen-bond acceptors (Lipinski definition) is 5. The maximum atomic E-state index is 12.3. The van der Waals surface area contributed by atoms with E-state index in [1.165, 1.54) is 4.90 Å². The van der Waals surface area contributed by atoms with Crippen LogP contribution >= 0.6 is 0 Å². The van der Waals surface area contributed by atoms with Crippen LogP contribution < -0.4 is 5.32 Å². The van der Waals surface area contributed by atoms with E-state index in [-0.39, 0.29) is 24.8 Å². The van der Waals surface area contributed by atoms with Crippen LogP contribution in [0.1, 0.15) is 5.69 Å². The van der Waals surface area contributed by atoms with Crippen molar-refractivity contribution in [2.45, 2.75) is 6.42 Å². The maximum Gasteiger partial charge on any atom is 0.242 e. The number of para-hydroxylation sites is 1. The first-order valence-electron chi connectivity index (χ1n) is 7.71. The van der Waals surface area contributed by atoms with Crippen molar-refractivity contribution in [3.63, 3.8) is 0 Å². The molecule has 0 aliphatic carbocycles. The van der Waals surface area contributed by atoms with Gasteiger partial charge in [0.1, 0.15) is 5.69 Å². The predicted octanol–water partition coefficient (Wildman–Crippen LogP) is 0.261. The van der Waals surface area contributed by atoms with E-state index in [0.717, 1.165) is 18.5 Å². The number of aromatic nitrogens is 1. The smallest absolute Gasteiger partial charge is 0.242 e. The Kier molecular flexibility index (Phi) is 4.57. The average molecular weight is 316 g/mol. The molecule has 2 heterocycles. The van der Waals surface area contributed by atoms with Gasteiger partial charge in [0.25, 0.3) is 0 Å². The number of carbonyl (C=O) groups is 2. The number of amides is 2. The quantitative estimate of drug-likeness (QED) is 0.875. The fraction of sp³-hybridized carbons (Fsp3) is 0.438. The zero-order valence-electron chi connectivity index (χ0n) is 13.1. The summed E-state index contributed by atoms with van der Waals surface area (Å²) in [7, 11) is 1.64. The zero-order chi connectivity index (χ0) is 16.2. The number of likely N-dealkylation sites (N-methyl/N-ethyl adjacent to an activating group) is 1. The van der Waals surface area contributed by atoms with Crippen molar-refractivity contribution in [2.75, 3.05) is 39.8 Å². The minimum absolute atomic E-state index is 0.0210. The largest absolute Gasteiger partial charge is 0.356 e. The number of fused-ring (bicyclic) bond motifs is 1. The highest BCUT2D eigenvalue weighted by Gasteiger charge is 2.21. The van der Waals surface area contributed by atoms with Crippen molar-refractivity contribution in [2.24, 2.45) is 0 Å². The van der Waals surface area contributed by atoms with Crippen LogP contribution in [0, 0.1) is 0 Å². The number of carbonyl (C=O) groups excluding carboxylic acids is 2. The van der Waals surface area contributed by atoms with Crippen LogP contribution in [0.2, 0.25) is 0 Å². The first-order valence-corrected chi connectivity index (χ1v) is 7.71. The van der Waals surface area contributed by atoms with Gasteiger partial charge in [-0.05, 0) is 12.1 Å². The van der Waals surface area contributed by atoms with E-state index >= 15 is 0 Å². The molecular weight excluding hydrogens is 296 g/mol. The van der Waals surface area contributed by atoms with Crippen LogP contribution in [-0.4, -0.2) is 66.5 Å². The normalized spacial score (nSPS) is 14.9. The van der Waals surface area contributed by atoms with Gasteiger partial charge in [-0.3, -0.25) is 9.59 Å². The fourth-order valence-corrected chi connectivity index (χ4v) is 2.65. The van der Waals surface area contributed by atoms with Crippen molar-refractivity contribution >= 4 is 22.8 Å². The Balaban J connectivity index is 1.60. The highest BCUT2D eigenvalue weighted by atomic mass is 16.5. The molecular formula is C16H20N4O3. The first kappa shape index (κ1) is 15.5. The Morgan fingerprint density at radius 2 is 2.04 bits per heavy atom. The number of hydrogen-bond donors (Lipinski definition) is 1. The molecule has 7 heteroatoms. The van der Waals surface area contributed by atoms with E-state index in [2.05, 4.69) is 10.5 Å². The van der Waals surface area contributed by atoms with E-state index in [9.17, 15) is 9.59 Å². The van der Waals surface area contributed by atoms with Gasteiger partial charge in [-0.15, -0.1) is 0 Å². The van der Waals surface area contributed by atoms with Gasteiger partial charge in [0.2, 0.25) is 11.8 Å². The van der Waals surface area contributed by atoms with Crippen molar-refractivity contribution in [3.8, 4) is 0 Å². The van der Waals surface area contributed by atoms with E-state index in [0.29, 0.717) is 24.4 Å². The molecule has 1 saturated heterocycles. The Morgan fingerprint density at radius 3 is 2.83 bits per heavy atom. The highest BCUT2D eigenvalue weighted by molar-refractivity contribution is 5.88. The Morgan fingerprint density at radius 1 is 1.30 bits per heavy atom. The van der Waals surface area contributed by atoms with Crippen LogP contribution in [0.3, 0.4) is 0 Å². The van der Waals surface area contributed by atoms with Gasteiger partial charge in [-0.25, -0.2) is 0 Å². The molecule has 0 radical (unpaired) electrons. The molecule has 0 spiro atoms. The molecule has 1 aromatic carbocycles. The lowest BCUT2D eigenvalue weighted by Gasteiger charge is -2.29. The number of piperazine rings is 1. The number of rotatable bonds is 4. The molecule has 3 rings (SSSR count). The molecule has 1 aliphatic rings. The van der Waals surface area contributed by atoms with Gasteiger partial charge < -0.3 is 19.6 Å². The number of benzene rings is 1. The second-order valence-corrected chi connectivity index (χ2v) is 5.68. The molecule has 7 nitrogen and oxygen atoms in total. The third-order valence-corrected chi connectivity index (χ3v) is 4.04. The minimum Gasteiger partial charge on any atom is -0.356 e. The Labute approximate surface area is 134 Å². The van der Waals surface area contributed by atoms with Crippen molar-refractivity contribution in [1.29, 1.82) is 0 Å². The molecule has 0 atom stereocenters. The van der Waals surface area contributed by atoms with Gasteiger partial charge in [-0.2, -0.15) is 0 Å². The fourth-order valence-electron chi connectivity index (χ4n) is 2.65. The maximum absolute atomic E-state index is 12.3. The second kappa shape index (κ2) is 6.78. The van der Waals surface area contributed by atoms with Crippen molar-refractivity contribution in [1.82, 2.24) is 20.3 Å². The van der Waals surface area contributed by atoms with Crippen LogP contribution in [0.5, 0.6) is 0 Å². The third kappa shape index (κ3) is 3.50. The van der Waals surface area contributed by atoms with Crippen molar-refractivity contribution in [3.05, 3.63) is 30.0 Å². The second-order valence-electron chi connectivity index (χ2n) is 5.68. The van der Waals surface area contributed by atoms with Gasteiger partial charge in [0, 0.05) is 38.6 Å². The average Bonchev–Trinajstić information content (AvgIpc) is 2.98. The van der Waals surface area contributed by atoms with E-state index in [1.807, 2.05) is 24.3 Å². The molecule has 1 aliphatic heterocycles. The zero-order valence-corrected chi connectivity index (χ0v) is 13.1. The molecule has 0 bridgehead atoms. The third-order valence-electron chi connectivity index (χ3n) is 4.04. The number of nitrogens with zero attached hydrogens (tertiary/aromatic N) is 3. The minimum atomic E-state index is -0.146. The van der Waals surface area contributed by atoms with Gasteiger partial charge >= 0.3 is 0 Å². The summed E-state index contributed by atoms with van der Waals surface area (Å²) in [5, 5.41) is 8.00. The summed E-state index contributed by atoms with van der Waals surface area (Å²) in [6.45, 7) is 3.07. The molecule has 2 aromatic rings. The molecule has 122 valence electrons. The summed E-state index contributed by atoms with van der Waals surface area (Å²) in [5.74, 6) is -0.167. The summed E-state index contributed by atoms with van der Waals surface area (Å²) >= 11 is 0. The van der Waals surface area contributed by atoms with Crippen molar-refractivity contribution < 1.29 is 14.1 Å². The molecule has 0 unspecified atom stereocenters. The summed E-state index contributed by atoms with van der Waals surface area (Å²) < 4.78 is 5.20. The predicted molar refractivity (Wildman–Crippen MR) is 84.8 cm³/mol. The van der Waals surface area contributed by atoms with Gasteiger partial charge in [0.05, 0.1) is 13.0 Å². The van der Waals surface area contributed by atoms with Crippen LogP contribution in [0.15, 0.2) is 28.8 Å². The molecule has 1 N–H and O–H groups in total. The molecule has 1 aromatic heterocycles. The molecule has 2 amide bonds. The molecule has 1 fully saturated rings. The van der Waals surface area contributed by atoms with Crippen LogP contribution in [-0.2, 0) is 16.0 Å². The lowest BCUT2D eigenvalue weighted by atomic mass is 10.1. The first-order chi connectivity index (χ1) is 11.1. The lowest BCUT2D eigenvalue weighted by Crippen LogP contribution is -2.49. The Hall–Kier alpha value is -2.41. The number of nitrogens with one attached hydrogen (secondary N) is 1. The molecule has 23 heavy (non-hydrogen) atoms. The summed E-state index contributed by atoms with van der Waals surface area (Å²) in [6, 6.07) is 7.43. The van der Waals surface area contributed by atoms with E-state index in [1.54, 1.807) is 11.9 Å². The van der Waals surface area contributed by atoms with E-state index in [4.69, 9.17) is 4.52 Å². The molecule has 0 saturated carbocycles. The summed E-state index contributed by atoms with van der Waals surface area (Å²) in [4.78, 5) is 27.8. The summed E-state index contributed by atoms with van der Waals surface area (Å²) in [6.07, 6.45) is 0.127. The standard InChI is InChI=1S/C16H20N4O3/c1-19(11-16(22)20-8-6-17-7-9-20)15(21)10-13-12-4-2-3-5-14(12)23-18-13/h2-5,17H,6-11H2,1H3. The monoisotopic (exact) mass is 316 g/mol. The van der Waals surface area contributed by atoms with Crippen LogP contribution in [0.4, 0.5) is 0 Å². The summed E-state index contributed by atoms with van der Waals surface area (Å²) in [5.41, 5.74) is 1.27. The van der Waals surface area contributed by atoms with Gasteiger partial charge in [-0.1, -0.05) is 17.3 Å². The lowest BCUT2D eigenvalue weighted by molar-refractivity contribution is -0.139. The van der Waals surface area contributed by atoms with E-state index < -0.39 is 0 Å². The highest BCUT2D eigenvalue weighted by Crippen LogP contribution is 2.18.